The normalized spacial score (nSPS) is 10.8. The molecule has 0 amide bonds. The number of ether oxygens (including phenoxy) is 2. The summed E-state index contributed by atoms with van der Waals surface area (Å²) in [5, 5.41) is 8.71. The summed E-state index contributed by atoms with van der Waals surface area (Å²) in [7, 11) is 0. The molecular formula is C17H14F2N2O3. The van der Waals surface area contributed by atoms with Crippen molar-refractivity contribution in [2.75, 3.05) is 6.61 Å². The van der Waals surface area contributed by atoms with Crippen molar-refractivity contribution in [2.24, 2.45) is 0 Å². The molecular weight excluding hydrogens is 318 g/mol. The second kappa shape index (κ2) is 7.51. The number of hydrogen-bond donors (Lipinski definition) is 0. The lowest BCUT2D eigenvalue weighted by atomic mass is 10.2. The minimum Gasteiger partial charge on any atom is -0.489 e. The van der Waals surface area contributed by atoms with Crippen LogP contribution in [0.3, 0.4) is 0 Å². The molecule has 0 aliphatic carbocycles. The van der Waals surface area contributed by atoms with Crippen LogP contribution in [0.1, 0.15) is 23.7 Å². The van der Waals surface area contributed by atoms with Gasteiger partial charge in [-0.3, -0.25) is 4.98 Å². The number of nitriles is 1. The quantitative estimate of drug-likeness (QED) is 0.760. The number of rotatable bonds is 6. The third-order valence-electron chi connectivity index (χ3n) is 3.07. The fourth-order valence-electron chi connectivity index (χ4n) is 1.81. The maximum atomic E-state index is 13.8. The summed E-state index contributed by atoms with van der Waals surface area (Å²) < 4.78 is 37.4. The maximum Gasteiger partial charge on any atom is 0.384 e. The molecule has 0 unspecified atom stereocenters. The second-order valence-corrected chi connectivity index (χ2v) is 4.77. The lowest BCUT2D eigenvalue weighted by molar-refractivity contribution is -0.173. The van der Waals surface area contributed by atoms with Gasteiger partial charge in [0.1, 0.15) is 18.1 Å². The van der Waals surface area contributed by atoms with Crippen molar-refractivity contribution < 1.29 is 23.0 Å². The zero-order chi connectivity index (χ0) is 17.6. The van der Waals surface area contributed by atoms with E-state index in [0.717, 1.165) is 6.07 Å². The maximum absolute atomic E-state index is 13.8. The number of alkyl halides is 2. The summed E-state index contributed by atoms with van der Waals surface area (Å²) in [6.07, 6.45) is 1.21. The molecule has 124 valence electrons. The summed E-state index contributed by atoms with van der Waals surface area (Å²) in [4.78, 5) is 14.9. The zero-order valence-electron chi connectivity index (χ0n) is 12.8. The third kappa shape index (κ3) is 4.04. The van der Waals surface area contributed by atoms with Crippen LogP contribution in [0.4, 0.5) is 8.78 Å². The van der Waals surface area contributed by atoms with Gasteiger partial charge in [0.05, 0.1) is 18.2 Å². The number of carbonyl (C=O) groups excluding carboxylic acids is 1. The molecule has 0 saturated carbocycles. The largest absolute Gasteiger partial charge is 0.489 e. The summed E-state index contributed by atoms with van der Waals surface area (Å²) in [5.41, 5.74) is 0.389. The van der Waals surface area contributed by atoms with Gasteiger partial charge in [0.2, 0.25) is 0 Å². The van der Waals surface area contributed by atoms with Crippen LogP contribution in [-0.4, -0.2) is 17.6 Å². The van der Waals surface area contributed by atoms with Crippen molar-refractivity contribution >= 4 is 5.97 Å². The van der Waals surface area contributed by atoms with Crippen LogP contribution >= 0.6 is 0 Å². The molecule has 0 aliphatic heterocycles. The van der Waals surface area contributed by atoms with Crippen LogP contribution in [0, 0.1) is 11.3 Å². The third-order valence-corrected chi connectivity index (χ3v) is 3.07. The van der Waals surface area contributed by atoms with Crippen LogP contribution in [0.5, 0.6) is 5.75 Å². The van der Waals surface area contributed by atoms with Gasteiger partial charge in [0, 0.05) is 11.8 Å². The summed E-state index contributed by atoms with van der Waals surface area (Å²) in [6.45, 7) is 1.43. The Morgan fingerprint density at radius 1 is 1.25 bits per heavy atom. The Bertz CT molecular complexity index is 738. The summed E-state index contributed by atoms with van der Waals surface area (Å²) >= 11 is 0. The van der Waals surface area contributed by atoms with Gasteiger partial charge in [-0.2, -0.15) is 14.0 Å². The predicted molar refractivity (Wildman–Crippen MR) is 80.3 cm³/mol. The summed E-state index contributed by atoms with van der Waals surface area (Å²) in [6, 6.07) is 10.9. The number of aromatic nitrogens is 1. The molecule has 0 spiro atoms. The first-order valence-corrected chi connectivity index (χ1v) is 7.10. The first-order valence-electron chi connectivity index (χ1n) is 7.10. The first kappa shape index (κ1) is 17.3. The number of nitrogens with zero attached hydrogens (tertiary/aromatic N) is 2. The Balaban J connectivity index is 2.01. The molecule has 5 nitrogen and oxygen atoms in total. The lowest BCUT2D eigenvalue weighted by Gasteiger charge is -2.14. The van der Waals surface area contributed by atoms with E-state index >= 15 is 0 Å². The van der Waals surface area contributed by atoms with Crippen LogP contribution in [0.15, 0.2) is 42.6 Å². The Morgan fingerprint density at radius 3 is 2.50 bits per heavy atom. The van der Waals surface area contributed by atoms with Crippen LogP contribution in [0.2, 0.25) is 0 Å². The average molecular weight is 332 g/mol. The molecule has 0 fully saturated rings. The molecule has 0 radical (unpaired) electrons. The van der Waals surface area contributed by atoms with Crippen molar-refractivity contribution in [3.63, 3.8) is 0 Å². The Labute approximate surface area is 137 Å². The molecule has 2 aromatic rings. The predicted octanol–water partition coefficient (Wildman–Crippen LogP) is 3.19. The number of carbonyl (C=O) groups is 1. The van der Waals surface area contributed by atoms with E-state index in [4.69, 9.17) is 10.00 Å². The van der Waals surface area contributed by atoms with Gasteiger partial charge in [-0.15, -0.1) is 0 Å². The van der Waals surface area contributed by atoms with Gasteiger partial charge >= 0.3 is 11.9 Å². The van der Waals surface area contributed by atoms with E-state index < -0.39 is 17.6 Å². The highest BCUT2D eigenvalue weighted by Crippen LogP contribution is 2.28. The highest BCUT2D eigenvalue weighted by molar-refractivity contribution is 5.78. The fourth-order valence-corrected chi connectivity index (χ4v) is 1.81. The van der Waals surface area contributed by atoms with Gasteiger partial charge in [-0.25, -0.2) is 4.79 Å². The van der Waals surface area contributed by atoms with Crippen molar-refractivity contribution in [1.29, 1.82) is 5.26 Å². The Morgan fingerprint density at radius 2 is 1.96 bits per heavy atom. The molecule has 7 heteroatoms. The van der Waals surface area contributed by atoms with Gasteiger partial charge in [-0.1, -0.05) is 6.07 Å². The smallest absolute Gasteiger partial charge is 0.384 e. The van der Waals surface area contributed by atoms with E-state index in [2.05, 4.69) is 9.72 Å². The van der Waals surface area contributed by atoms with Crippen LogP contribution in [-0.2, 0) is 22.1 Å². The van der Waals surface area contributed by atoms with E-state index in [0.29, 0.717) is 16.9 Å². The van der Waals surface area contributed by atoms with Crippen molar-refractivity contribution in [3.05, 3.63) is 59.4 Å². The molecule has 0 atom stereocenters. The molecule has 1 heterocycles. The number of pyridine rings is 1. The highest BCUT2D eigenvalue weighted by atomic mass is 19.3. The standard InChI is InChI=1S/C17H14F2N2O3/c1-2-23-16(22)17(18,19)15-8-5-13(10-21-15)11-24-14-6-3-12(9-20)4-7-14/h3-8,10H,2,11H2,1H3. The molecule has 2 rings (SSSR count). The number of esters is 1. The van der Waals surface area contributed by atoms with Crippen LogP contribution < -0.4 is 4.74 Å². The van der Waals surface area contributed by atoms with E-state index in [9.17, 15) is 13.6 Å². The molecule has 0 N–H and O–H groups in total. The minimum atomic E-state index is -3.79. The van der Waals surface area contributed by atoms with Crippen molar-refractivity contribution in [1.82, 2.24) is 4.98 Å². The van der Waals surface area contributed by atoms with Gasteiger partial charge in [0.15, 0.2) is 0 Å². The van der Waals surface area contributed by atoms with Crippen molar-refractivity contribution in [3.8, 4) is 11.8 Å². The minimum absolute atomic E-state index is 0.115. The number of hydrogen-bond acceptors (Lipinski definition) is 5. The highest BCUT2D eigenvalue weighted by Gasteiger charge is 2.44. The second-order valence-electron chi connectivity index (χ2n) is 4.77. The molecule has 0 aliphatic rings. The Kier molecular flexibility index (Phi) is 5.42. The van der Waals surface area contributed by atoms with Gasteiger partial charge < -0.3 is 9.47 Å². The molecule has 0 bridgehead atoms. The molecule has 1 aromatic carbocycles. The van der Waals surface area contributed by atoms with E-state index in [1.54, 1.807) is 24.3 Å². The SMILES string of the molecule is CCOC(=O)C(F)(F)c1ccc(COc2ccc(C#N)cc2)cn1. The summed E-state index contributed by atoms with van der Waals surface area (Å²) in [5.74, 6) is -4.88. The number of benzene rings is 1. The monoisotopic (exact) mass is 332 g/mol. The molecule has 0 saturated heterocycles. The average Bonchev–Trinajstić information content (AvgIpc) is 2.61. The molecule has 24 heavy (non-hydrogen) atoms. The van der Waals surface area contributed by atoms with Crippen molar-refractivity contribution in [2.45, 2.75) is 19.5 Å². The fraction of sp³-hybridized carbons (Fsp3) is 0.235. The Hall–Kier alpha value is -3.01. The van der Waals surface area contributed by atoms with E-state index in [1.165, 1.54) is 19.2 Å². The number of halogens is 2. The first-order chi connectivity index (χ1) is 11.5. The lowest BCUT2D eigenvalue weighted by Crippen LogP contribution is -2.29. The van der Waals surface area contributed by atoms with Gasteiger partial charge in [0.25, 0.3) is 0 Å². The van der Waals surface area contributed by atoms with E-state index in [1.807, 2.05) is 6.07 Å². The zero-order valence-corrected chi connectivity index (χ0v) is 12.8. The topological polar surface area (TPSA) is 72.2 Å². The van der Waals surface area contributed by atoms with Gasteiger partial charge in [-0.05, 0) is 37.3 Å². The van der Waals surface area contributed by atoms with Crippen LogP contribution in [0.25, 0.3) is 0 Å². The molecule has 1 aromatic heterocycles. The van der Waals surface area contributed by atoms with E-state index in [-0.39, 0.29) is 13.2 Å².